The number of hydrogen-bond donors (Lipinski definition) is 1. The number of benzene rings is 1. The van der Waals surface area contributed by atoms with Gasteiger partial charge in [-0.25, -0.2) is 0 Å². The van der Waals surface area contributed by atoms with E-state index in [-0.39, 0.29) is 6.10 Å². The van der Waals surface area contributed by atoms with Crippen LogP contribution in [0, 0.1) is 6.92 Å². The molecule has 0 aliphatic carbocycles. The van der Waals surface area contributed by atoms with Crippen LogP contribution in [-0.2, 0) is 11.3 Å². The molecule has 1 N–H and O–H groups in total. The highest BCUT2D eigenvalue weighted by molar-refractivity contribution is 5.20. The van der Waals surface area contributed by atoms with Crippen molar-refractivity contribution in [2.75, 3.05) is 26.2 Å². The van der Waals surface area contributed by atoms with Crippen LogP contribution < -0.4 is 0 Å². The molecule has 18 heavy (non-hydrogen) atoms. The molecule has 1 aliphatic rings. The molecule has 1 aromatic rings. The first-order valence-corrected chi connectivity index (χ1v) is 6.78. The van der Waals surface area contributed by atoms with Crippen molar-refractivity contribution in [1.29, 1.82) is 0 Å². The van der Waals surface area contributed by atoms with Crippen molar-refractivity contribution in [2.45, 2.75) is 32.5 Å². The Hall–Kier alpha value is -0.900. The van der Waals surface area contributed by atoms with Crippen LogP contribution in [0.5, 0.6) is 0 Å². The zero-order valence-corrected chi connectivity index (χ0v) is 11.1. The van der Waals surface area contributed by atoms with Gasteiger partial charge in [-0.05, 0) is 38.4 Å². The summed E-state index contributed by atoms with van der Waals surface area (Å²) < 4.78 is 5.55. The van der Waals surface area contributed by atoms with Crippen molar-refractivity contribution in [3.63, 3.8) is 0 Å². The summed E-state index contributed by atoms with van der Waals surface area (Å²) in [6, 6.07) is 8.31. The maximum atomic E-state index is 9.87. The number of aliphatic hydroxyl groups excluding tert-OH is 1. The van der Waals surface area contributed by atoms with Gasteiger partial charge in [0.1, 0.15) is 0 Å². The van der Waals surface area contributed by atoms with Gasteiger partial charge in [-0.3, -0.25) is 0 Å². The van der Waals surface area contributed by atoms with Gasteiger partial charge >= 0.3 is 0 Å². The Labute approximate surface area is 109 Å². The van der Waals surface area contributed by atoms with Gasteiger partial charge < -0.3 is 14.7 Å². The van der Waals surface area contributed by atoms with Crippen LogP contribution in [0.1, 0.15) is 24.0 Å². The fourth-order valence-corrected chi connectivity index (χ4v) is 2.31. The lowest BCUT2D eigenvalue weighted by Gasteiger charge is -2.19. The summed E-state index contributed by atoms with van der Waals surface area (Å²) in [5.74, 6) is 0. The molecule has 0 saturated carbocycles. The zero-order valence-electron chi connectivity index (χ0n) is 11.1. The van der Waals surface area contributed by atoms with Crippen LogP contribution in [-0.4, -0.2) is 42.4 Å². The largest absolute Gasteiger partial charge is 0.389 e. The second kappa shape index (κ2) is 6.88. The molecule has 1 atom stereocenters. The van der Waals surface area contributed by atoms with Crippen molar-refractivity contribution < 1.29 is 9.84 Å². The van der Waals surface area contributed by atoms with Crippen LogP contribution >= 0.6 is 0 Å². The minimum Gasteiger partial charge on any atom is -0.389 e. The van der Waals surface area contributed by atoms with E-state index in [1.165, 1.54) is 18.4 Å². The number of β-amino-alcohol motifs (C(OH)–C–C–N with tert-alkyl or cyclic N) is 1. The molecule has 0 radical (unpaired) electrons. The Kier molecular flexibility index (Phi) is 5.17. The third-order valence-corrected chi connectivity index (χ3v) is 3.37. The molecule has 1 saturated heterocycles. The SMILES string of the molecule is Cc1ccc(COC[C@H](O)CN2CCCC2)cc1. The second-order valence-electron chi connectivity index (χ2n) is 5.16. The predicted molar refractivity (Wildman–Crippen MR) is 72.5 cm³/mol. The average Bonchev–Trinajstić information content (AvgIpc) is 2.84. The minimum atomic E-state index is -0.367. The molecule has 1 fully saturated rings. The molecular formula is C15H23NO2. The third-order valence-electron chi connectivity index (χ3n) is 3.37. The van der Waals surface area contributed by atoms with E-state index in [9.17, 15) is 5.11 Å². The van der Waals surface area contributed by atoms with E-state index in [0.29, 0.717) is 13.2 Å². The predicted octanol–water partition coefficient (Wildman–Crippen LogP) is 1.97. The number of ether oxygens (including phenoxy) is 1. The number of nitrogens with zero attached hydrogens (tertiary/aromatic N) is 1. The van der Waals surface area contributed by atoms with Crippen molar-refractivity contribution in [1.82, 2.24) is 4.90 Å². The van der Waals surface area contributed by atoms with Gasteiger partial charge in [0, 0.05) is 6.54 Å². The first-order chi connectivity index (χ1) is 8.74. The molecular weight excluding hydrogens is 226 g/mol. The lowest BCUT2D eigenvalue weighted by molar-refractivity contribution is 0.0134. The fraction of sp³-hybridized carbons (Fsp3) is 0.600. The van der Waals surface area contributed by atoms with Gasteiger partial charge in [0.15, 0.2) is 0 Å². The van der Waals surface area contributed by atoms with Gasteiger partial charge in [-0.1, -0.05) is 29.8 Å². The smallest absolute Gasteiger partial charge is 0.0900 e. The lowest BCUT2D eigenvalue weighted by Crippen LogP contribution is -2.32. The number of hydrogen-bond acceptors (Lipinski definition) is 3. The molecule has 3 heteroatoms. The van der Waals surface area contributed by atoms with Crippen molar-refractivity contribution in [3.05, 3.63) is 35.4 Å². The monoisotopic (exact) mass is 249 g/mol. The first-order valence-electron chi connectivity index (χ1n) is 6.78. The maximum absolute atomic E-state index is 9.87. The number of likely N-dealkylation sites (tertiary alicyclic amines) is 1. The number of rotatable bonds is 6. The zero-order chi connectivity index (χ0) is 12.8. The van der Waals surface area contributed by atoms with Crippen LogP contribution in [0.3, 0.4) is 0 Å². The molecule has 2 rings (SSSR count). The van der Waals surface area contributed by atoms with Crippen LogP contribution in [0.4, 0.5) is 0 Å². The van der Waals surface area contributed by atoms with Gasteiger partial charge in [-0.15, -0.1) is 0 Å². The topological polar surface area (TPSA) is 32.7 Å². The van der Waals surface area contributed by atoms with E-state index in [0.717, 1.165) is 25.2 Å². The molecule has 1 aromatic carbocycles. The molecule has 0 amide bonds. The average molecular weight is 249 g/mol. The lowest BCUT2D eigenvalue weighted by atomic mass is 10.2. The normalized spacial score (nSPS) is 18.1. The summed E-state index contributed by atoms with van der Waals surface area (Å²) in [5, 5.41) is 9.87. The van der Waals surface area contributed by atoms with Gasteiger partial charge in [0.25, 0.3) is 0 Å². The summed E-state index contributed by atoms with van der Waals surface area (Å²) in [6.45, 7) is 6.06. The quantitative estimate of drug-likeness (QED) is 0.836. The Morgan fingerprint density at radius 1 is 1.22 bits per heavy atom. The van der Waals surface area contributed by atoms with Crippen LogP contribution in [0.25, 0.3) is 0 Å². The summed E-state index contributed by atoms with van der Waals surface area (Å²) in [7, 11) is 0. The van der Waals surface area contributed by atoms with Gasteiger partial charge in [0.05, 0.1) is 19.3 Å². The molecule has 3 nitrogen and oxygen atoms in total. The highest BCUT2D eigenvalue weighted by Crippen LogP contribution is 2.08. The van der Waals surface area contributed by atoms with E-state index in [4.69, 9.17) is 4.74 Å². The summed E-state index contributed by atoms with van der Waals surface area (Å²) in [4.78, 5) is 2.31. The standard InChI is InChI=1S/C15H23NO2/c1-13-4-6-14(7-5-13)11-18-12-15(17)10-16-8-2-3-9-16/h4-7,15,17H,2-3,8-12H2,1H3/t15-/m1/s1. The third kappa shape index (κ3) is 4.41. The maximum Gasteiger partial charge on any atom is 0.0900 e. The highest BCUT2D eigenvalue weighted by atomic mass is 16.5. The Morgan fingerprint density at radius 3 is 2.56 bits per heavy atom. The number of aliphatic hydroxyl groups is 1. The molecule has 1 aliphatic heterocycles. The Balaban J connectivity index is 1.63. The van der Waals surface area contributed by atoms with Crippen molar-refractivity contribution >= 4 is 0 Å². The van der Waals surface area contributed by atoms with Crippen molar-refractivity contribution in [3.8, 4) is 0 Å². The van der Waals surface area contributed by atoms with E-state index in [1.807, 2.05) is 0 Å². The summed E-state index contributed by atoms with van der Waals surface area (Å²) in [5.41, 5.74) is 2.42. The highest BCUT2D eigenvalue weighted by Gasteiger charge is 2.15. The summed E-state index contributed by atoms with van der Waals surface area (Å²) in [6.07, 6.45) is 2.15. The second-order valence-corrected chi connectivity index (χ2v) is 5.16. The van der Waals surface area contributed by atoms with E-state index >= 15 is 0 Å². The molecule has 100 valence electrons. The molecule has 0 unspecified atom stereocenters. The van der Waals surface area contributed by atoms with E-state index < -0.39 is 0 Å². The first kappa shape index (κ1) is 13.5. The van der Waals surface area contributed by atoms with Crippen LogP contribution in [0.2, 0.25) is 0 Å². The van der Waals surface area contributed by atoms with E-state index in [1.54, 1.807) is 0 Å². The molecule has 0 spiro atoms. The molecule has 0 aromatic heterocycles. The minimum absolute atomic E-state index is 0.367. The van der Waals surface area contributed by atoms with Crippen molar-refractivity contribution in [2.24, 2.45) is 0 Å². The van der Waals surface area contributed by atoms with Gasteiger partial charge in [0.2, 0.25) is 0 Å². The number of aryl methyl sites for hydroxylation is 1. The molecule has 0 bridgehead atoms. The van der Waals surface area contributed by atoms with Gasteiger partial charge in [-0.2, -0.15) is 0 Å². The van der Waals surface area contributed by atoms with E-state index in [2.05, 4.69) is 36.1 Å². The fourth-order valence-electron chi connectivity index (χ4n) is 2.31. The summed E-state index contributed by atoms with van der Waals surface area (Å²) >= 11 is 0. The molecule has 1 heterocycles. The Morgan fingerprint density at radius 2 is 1.89 bits per heavy atom. The van der Waals surface area contributed by atoms with Crippen LogP contribution in [0.15, 0.2) is 24.3 Å². The Bertz CT molecular complexity index is 344.